The number of carboxylic acids is 2. The number of phenolic OH excluding ortho intramolecular Hbond substituents is 1. The minimum atomic E-state index is -1.88. The fraction of sp³-hybridized carbons (Fsp3) is 0.520. The number of aliphatic hydroxyl groups excluding tert-OH is 2. The van der Waals surface area contributed by atoms with Gasteiger partial charge in [-0.25, -0.2) is 4.79 Å². The molecule has 28 nitrogen and oxygen atoms in total. The quantitative estimate of drug-likeness (QED) is 0.0320. The maximum absolute atomic E-state index is 14.0. The van der Waals surface area contributed by atoms with Crippen molar-refractivity contribution in [1.82, 2.24) is 47.9 Å². The van der Waals surface area contributed by atoms with Gasteiger partial charge < -0.3 is 84.9 Å². The number of nitrogens with one attached hydrogen (secondary N) is 9. The second-order valence-electron chi connectivity index (χ2n) is 19.2. The van der Waals surface area contributed by atoms with Crippen molar-refractivity contribution in [3.05, 3.63) is 65.7 Å². The average Bonchev–Trinajstić information content (AvgIpc) is 3.37. The lowest BCUT2D eigenvalue weighted by molar-refractivity contribution is -0.143. The molecule has 10 amide bonds. The van der Waals surface area contributed by atoms with Crippen LogP contribution in [0.3, 0.4) is 0 Å². The number of carboxylic acid groups (broad SMARTS) is 2. The molecule has 2 rings (SSSR count). The molecule has 430 valence electrons. The molecular formula is C50H73N11O17. The first-order chi connectivity index (χ1) is 36.6. The smallest absolute Gasteiger partial charge is 0.326 e. The second kappa shape index (κ2) is 32.4. The molecule has 2 aromatic carbocycles. The van der Waals surface area contributed by atoms with E-state index in [2.05, 4.69) is 47.9 Å². The van der Waals surface area contributed by atoms with E-state index in [4.69, 9.17) is 11.5 Å². The van der Waals surface area contributed by atoms with Gasteiger partial charge in [0.2, 0.25) is 59.1 Å². The summed E-state index contributed by atoms with van der Waals surface area (Å²) >= 11 is 0. The number of carbonyl (C=O) groups is 12. The molecule has 10 atom stereocenters. The van der Waals surface area contributed by atoms with E-state index < -0.39 is 170 Å². The Kier molecular flexibility index (Phi) is 27.3. The zero-order valence-corrected chi connectivity index (χ0v) is 44.1. The number of primary amides is 1. The van der Waals surface area contributed by atoms with Crippen molar-refractivity contribution in [3.63, 3.8) is 0 Å². The van der Waals surface area contributed by atoms with Crippen LogP contribution in [-0.2, 0) is 70.4 Å². The summed E-state index contributed by atoms with van der Waals surface area (Å²) in [5, 5.41) is 69.2. The van der Waals surface area contributed by atoms with Crippen molar-refractivity contribution in [2.75, 3.05) is 13.2 Å². The van der Waals surface area contributed by atoms with Crippen molar-refractivity contribution < 1.29 is 83.1 Å². The molecule has 0 fully saturated rings. The van der Waals surface area contributed by atoms with E-state index in [9.17, 15) is 83.1 Å². The van der Waals surface area contributed by atoms with Gasteiger partial charge in [0.05, 0.1) is 19.6 Å². The van der Waals surface area contributed by atoms with E-state index in [0.29, 0.717) is 11.1 Å². The molecule has 78 heavy (non-hydrogen) atoms. The molecule has 0 radical (unpaired) electrons. The molecule has 0 bridgehead atoms. The Hall–Kier alpha value is -8.24. The summed E-state index contributed by atoms with van der Waals surface area (Å²) in [4.78, 5) is 157. The first kappa shape index (κ1) is 65.9. The predicted octanol–water partition coefficient (Wildman–Crippen LogP) is -4.58. The highest BCUT2D eigenvalue weighted by atomic mass is 16.4. The van der Waals surface area contributed by atoms with E-state index in [0.717, 1.165) is 0 Å². The molecule has 0 spiro atoms. The lowest BCUT2D eigenvalue weighted by atomic mass is 10.0. The standard InChI is InChI=1S/C50H73N11O17/c1-24(2)18-33(57-49(76)37(23-63)60-43(70)31(51)22-62)46(73)55-32(16-17-39(66)67)44(71)59-36(21-38(52)65)47(74)58-34(19-28-10-8-7-9-11-28)45(72)54-26(5)41(68)53-27(6)42(69)56-35(20-29-12-14-30(64)15-13-29)48(75)61-40(25(3)4)50(77)78/h7-15,24-27,31-37,40,62-64H,16-23,51H2,1-6H3,(H2,52,65)(H,53,68)(H,54,72)(H,55,73)(H,56,69)(H,57,76)(H,58,74)(H,59,71)(H,60,70)(H,61,75)(H,66,67)(H,77,78)/t26-,27-,31-,32-,33-,34-,35-,36-,37-,40-/m0/s1. The first-order valence-electron chi connectivity index (χ1n) is 24.8. The van der Waals surface area contributed by atoms with Gasteiger partial charge in [0, 0.05) is 19.3 Å². The van der Waals surface area contributed by atoms with Gasteiger partial charge in [-0.3, -0.25) is 52.7 Å². The number of carbonyl (C=O) groups excluding carboxylic acids is 10. The summed E-state index contributed by atoms with van der Waals surface area (Å²) in [6.45, 7) is 7.23. The largest absolute Gasteiger partial charge is 0.508 e. The zero-order chi connectivity index (χ0) is 59.0. The van der Waals surface area contributed by atoms with Crippen LogP contribution in [0, 0.1) is 11.8 Å². The second-order valence-corrected chi connectivity index (χ2v) is 19.2. The SMILES string of the molecule is CC(C)C[C@H](NC(=O)[C@H](CO)NC(=O)[C@@H](N)CO)C(=O)N[C@@H](CCC(=O)O)C(=O)N[C@@H](CC(N)=O)C(=O)N[C@@H](Cc1ccccc1)C(=O)N[C@@H](C)C(=O)N[C@@H](C)C(=O)N[C@@H](Cc1ccc(O)cc1)C(=O)N[C@H](C(=O)O)C(C)C. The number of nitrogens with two attached hydrogens (primary N) is 2. The van der Waals surface area contributed by atoms with Crippen molar-refractivity contribution in [2.45, 2.75) is 140 Å². The minimum absolute atomic E-state index is 0.0750. The number of rotatable bonds is 33. The first-order valence-corrected chi connectivity index (χ1v) is 24.8. The van der Waals surface area contributed by atoms with Crippen LogP contribution in [0.15, 0.2) is 54.6 Å². The summed E-state index contributed by atoms with van der Waals surface area (Å²) in [6, 6.07) is -1.48. The van der Waals surface area contributed by atoms with E-state index in [1.54, 1.807) is 58.0 Å². The Morgan fingerprint density at radius 1 is 0.487 bits per heavy atom. The van der Waals surface area contributed by atoms with Gasteiger partial charge in [0.25, 0.3) is 0 Å². The van der Waals surface area contributed by atoms with Crippen LogP contribution in [0.1, 0.15) is 78.4 Å². The minimum Gasteiger partial charge on any atom is -0.508 e. The van der Waals surface area contributed by atoms with Crippen LogP contribution >= 0.6 is 0 Å². The summed E-state index contributed by atoms with van der Waals surface area (Å²) < 4.78 is 0. The third-order valence-corrected chi connectivity index (χ3v) is 11.7. The maximum Gasteiger partial charge on any atom is 0.326 e. The number of benzene rings is 2. The number of aliphatic hydroxyl groups is 2. The molecule has 28 heteroatoms. The molecule has 0 saturated heterocycles. The molecule has 0 aromatic heterocycles. The normalized spacial score (nSPS) is 14.9. The van der Waals surface area contributed by atoms with Crippen molar-refractivity contribution in [3.8, 4) is 5.75 Å². The van der Waals surface area contributed by atoms with Crippen LogP contribution < -0.4 is 59.3 Å². The highest BCUT2D eigenvalue weighted by Gasteiger charge is 2.36. The molecule has 0 aliphatic rings. The molecular weight excluding hydrogens is 1030 g/mol. The molecule has 18 N–H and O–H groups in total. The molecule has 0 heterocycles. The monoisotopic (exact) mass is 1100 g/mol. The summed E-state index contributed by atoms with van der Waals surface area (Å²) in [5.41, 5.74) is 11.9. The van der Waals surface area contributed by atoms with E-state index in [1.807, 2.05) is 0 Å². The Morgan fingerprint density at radius 2 is 0.910 bits per heavy atom. The van der Waals surface area contributed by atoms with Gasteiger partial charge in [0.15, 0.2) is 0 Å². The topological polar surface area (TPSA) is 466 Å². The Labute approximate surface area is 449 Å². The van der Waals surface area contributed by atoms with Gasteiger partial charge in [-0.15, -0.1) is 0 Å². The number of hydrogen-bond acceptors (Lipinski definition) is 16. The average molecular weight is 1100 g/mol. The predicted molar refractivity (Wildman–Crippen MR) is 275 cm³/mol. The highest BCUT2D eigenvalue weighted by molar-refractivity contribution is 5.99. The van der Waals surface area contributed by atoms with E-state index in [1.165, 1.54) is 38.1 Å². The van der Waals surface area contributed by atoms with Crippen molar-refractivity contribution in [1.29, 1.82) is 0 Å². The molecule has 0 aliphatic carbocycles. The lowest BCUT2D eigenvalue weighted by Crippen LogP contribution is -2.61. The summed E-state index contributed by atoms with van der Waals surface area (Å²) in [6.07, 6.45) is -2.73. The highest BCUT2D eigenvalue weighted by Crippen LogP contribution is 2.14. The number of aliphatic carboxylic acids is 2. The summed E-state index contributed by atoms with van der Waals surface area (Å²) in [5.74, 6) is -14.0. The van der Waals surface area contributed by atoms with E-state index >= 15 is 0 Å². The maximum atomic E-state index is 14.0. The third kappa shape index (κ3) is 22.9. The van der Waals surface area contributed by atoms with E-state index in [-0.39, 0.29) is 30.9 Å². The molecule has 0 aliphatic heterocycles. The third-order valence-electron chi connectivity index (χ3n) is 11.7. The van der Waals surface area contributed by atoms with Crippen LogP contribution in [0.25, 0.3) is 0 Å². The number of aromatic hydroxyl groups is 1. The molecule has 2 aromatic rings. The molecule has 0 unspecified atom stereocenters. The van der Waals surface area contributed by atoms with Gasteiger partial charge in [-0.2, -0.15) is 0 Å². The fourth-order valence-corrected chi connectivity index (χ4v) is 7.28. The number of phenols is 1. The van der Waals surface area contributed by atoms with Gasteiger partial charge in [0.1, 0.15) is 66.2 Å². The van der Waals surface area contributed by atoms with Crippen LogP contribution in [-0.4, -0.2) is 170 Å². The van der Waals surface area contributed by atoms with Crippen LogP contribution in [0.4, 0.5) is 0 Å². The Bertz CT molecular complexity index is 2430. The zero-order valence-electron chi connectivity index (χ0n) is 44.1. The number of hydrogen-bond donors (Lipinski definition) is 16. The van der Waals surface area contributed by atoms with Gasteiger partial charge in [-0.05, 0) is 61.8 Å². The molecule has 0 saturated carbocycles. The van der Waals surface area contributed by atoms with Gasteiger partial charge >= 0.3 is 11.9 Å². The lowest BCUT2D eigenvalue weighted by Gasteiger charge is -2.27. The van der Waals surface area contributed by atoms with Crippen molar-refractivity contribution >= 4 is 71.0 Å². The summed E-state index contributed by atoms with van der Waals surface area (Å²) in [7, 11) is 0. The van der Waals surface area contributed by atoms with Crippen molar-refractivity contribution in [2.24, 2.45) is 23.3 Å². The van der Waals surface area contributed by atoms with Gasteiger partial charge in [-0.1, -0.05) is 70.2 Å². The number of amides is 10. The van der Waals surface area contributed by atoms with Crippen LogP contribution in [0.5, 0.6) is 5.75 Å². The van der Waals surface area contributed by atoms with Crippen LogP contribution in [0.2, 0.25) is 0 Å². The Balaban J connectivity index is 2.35. The Morgan fingerprint density at radius 3 is 1.41 bits per heavy atom. The fourth-order valence-electron chi connectivity index (χ4n) is 7.28.